The first-order chi connectivity index (χ1) is 11.1. The molecule has 0 heterocycles. The summed E-state index contributed by atoms with van der Waals surface area (Å²) in [5, 5.41) is 0. The number of rotatable bonds is 3. The lowest BCUT2D eigenvalue weighted by Crippen LogP contribution is -2.52. The number of hydrogen-bond donors (Lipinski definition) is 0. The van der Waals surface area contributed by atoms with Gasteiger partial charge in [-0.2, -0.15) is 0 Å². The van der Waals surface area contributed by atoms with E-state index in [1.54, 1.807) is 51.4 Å². The van der Waals surface area contributed by atoms with Gasteiger partial charge in [0.05, 0.1) is 0 Å². The molecule has 23 heavy (non-hydrogen) atoms. The molecule has 0 bridgehead atoms. The van der Waals surface area contributed by atoms with Gasteiger partial charge in [0, 0.05) is 0 Å². The van der Waals surface area contributed by atoms with Crippen LogP contribution in [0.3, 0.4) is 0 Å². The molecule has 0 spiro atoms. The van der Waals surface area contributed by atoms with Gasteiger partial charge in [-0.15, -0.1) is 0 Å². The standard InChI is InChI=1S/C23H40/c1-4-5-8-17-11-13-20-19-12-10-18-9-6-7-15-22(18,2)21(19)14-16-23(17,20)3/h17-21H,4-16H2,1-3H3/t17-,18?,19?,20-,21?,22?,23?/m0/s1. The van der Waals surface area contributed by atoms with Gasteiger partial charge in [-0.25, -0.2) is 0 Å². The van der Waals surface area contributed by atoms with Gasteiger partial charge in [0.25, 0.3) is 0 Å². The molecule has 0 saturated heterocycles. The molecule has 4 fully saturated rings. The molecule has 4 rings (SSSR count). The molecule has 0 aromatic rings. The number of unbranched alkanes of at least 4 members (excludes halogenated alkanes) is 1. The second-order valence-electron chi connectivity index (χ2n) is 10.4. The topological polar surface area (TPSA) is 0 Å². The van der Waals surface area contributed by atoms with Gasteiger partial charge in [0.1, 0.15) is 0 Å². The van der Waals surface area contributed by atoms with Crippen LogP contribution in [0.4, 0.5) is 0 Å². The highest BCUT2D eigenvalue weighted by Gasteiger charge is 2.59. The Morgan fingerprint density at radius 1 is 0.783 bits per heavy atom. The highest BCUT2D eigenvalue weighted by Crippen LogP contribution is 2.67. The normalized spacial score (nSPS) is 52.6. The molecule has 7 atom stereocenters. The van der Waals surface area contributed by atoms with Gasteiger partial charge < -0.3 is 0 Å². The maximum absolute atomic E-state index is 2.72. The Labute approximate surface area is 145 Å². The molecule has 0 aromatic heterocycles. The predicted molar refractivity (Wildman–Crippen MR) is 99.4 cm³/mol. The van der Waals surface area contributed by atoms with E-state index in [1.165, 1.54) is 32.1 Å². The summed E-state index contributed by atoms with van der Waals surface area (Å²) in [6.45, 7) is 7.81. The molecule has 4 aliphatic rings. The zero-order chi connectivity index (χ0) is 16.1. The largest absolute Gasteiger partial charge is 0.0654 e. The van der Waals surface area contributed by atoms with E-state index in [0.29, 0.717) is 5.41 Å². The summed E-state index contributed by atoms with van der Waals surface area (Å²) in [5.41, 5.74) is 1.44. The van der Waals surface area contributed by atoms with E-state index in [2.05, 4.69) is 20.8 Å². The lowest BCUT2D eigenvalue weighted by atomic mass is 9.45. The first kappa shape index (κ1) is 16.5. The Balaban J connectivity index is 1.55. The molecule has 0 radical (unpaired) electrons. The van der Waals surface area contributed by atoms with Crippen LogP contribution in [0.15, 0.2) is 0 Å². The first-order valence-electron chi connectivity index (χ1n) is 11.1. The van der Waals surface area contributed by atoms with E-state index in [0.717, 1.165) is 35.0 Å². The van der Waals surface area contributed by atoms with Gasteiger partial charge >= 0.3 is 0 Å². The number of hydrogen-bond acceptors (Lipinski definition) is 0. The van der Waals surface area contributed by atoms with Crippen molar-refractivity contribution in [1.29, 1.82) is 0 Å². The molecule has 0 nitrogen and oxygen atoms in total. The van der Waals surface area contributed by atoms with Crippen LogP contribution in [0.25, 0.3) is 0 Å². The summed E-state index contributed by atoms with van der Waals surface area (Å²) < 4.78 is 0. The fourth-order valence-electron chi connectivity index (χ4n) is 8.33. The fraction of sp³-hybridized carbons (Fsp3) is 1.00. The van der Waals surface area contributed by atoms with Crippen LogP contribution in [-0.4, -0.2) is 0 Å². The Bertz CT molecular complexity index is 426. The molecule has 0 aromatic carbocycles. The van der Waals surface area contributed by atoms with Crippen molar-refractivity contribution in [3.8, 4) is 0 Å². The third kappa shape index (κ3) is 2.44. The summed E-state index contributed by atoms with van der Waals surface area (Å²) in [6.07, 6.45) is 20.0. The molecule has 0 N–H and O–H groups in total. The zero-order valence-electron chi connectivity index (χ0n) is 16.1. The Hall–Kier alpha value is 0. The molecule has 132 valence electrons. The molecule has 4 aliphatic carbocycles. The van der Waals surface area contributed by atoms with E-state index in [-0.39, 0.29) is 0 Å². The van der Waals surface area contributed by atoms with Gasteiger partial charge in [0.15, 0.2) is 0 Å². The third-order valence-electron chi connectivity index (χ3n) is 9.69. The monoisotopic (exact) mass is 316 g/mol. The van der Waals surface area contributed by atoms with E-state index in [9.17, 15) is 0 Å². The van der Waals surface area contributed by atoms with E-state index in [1.807, 2.05) is 0 Å². The van der Waals surface area contributed by atoms with Gasteiger partial charge in [-0.1, -0.05) is 46.5 Å². The molecular formula is C23H40. The fourth-order valence-corrected chi connectivity index (χ4v) is 8.33. The minimum Gasteiger partial charge on any atom is -0.0654 e. The van der Waals surface area contributed by atoms with Crippen molar-refractivity contribution in [3.05, 3.63) is 0 Å². The highest BCUT2D eigenvalue weighted by molar-refractivity contribution is 5.08. The SMILES string of the molecule is CCCC[C@H]1CC[C@H]2C3CCC4CCCCC4(C)C3CCC12C. The van der Waals surface area contributed by atoms with Crippen LogP contribution in [0.1, 0.15) is 104 Å². The maximum atomic E-state index is 2.72. The second-order valence-corrected chi connectivity index (χ2v) is 10.4. The molecular weight excluding hydrogens is 276 g/mol. The molecule has 0 amide bonds. The molecule has 0 aliphatic heterocycles. The summed E-state index contributed by atoms with van der Waals surface area (Å²) in [7, 11) is 0. The van der Waals surface area contributed by atoms with Crippen molar-refractivity contribution < 1.29 is 0 Å². The van der Waals surface area contributed by atoms with Crippen molar-refractivity contribution in [2.75, 3.05) is 0 Å². The molecule has 5 unspecified atom stereocenters. The smallest absolute Gasteiger partial charge is 0.0266 e. The average molecular weight is 317 g/mol. The molecule has 4 saturated carbocycles. The Morgan fingerprint density at radius 2 is 1.61 bits per heavy atom. The van der Waals surface area contributed by atoms with Crippen LogP contribution in [0.5, 0.6) is 0 Å². The van der Waals surface area contributed by atoms with Crippen LogP contribution in [-0.2, 0) is 0 Å². The van der Waals surface area contributed by atoms with Crippen LogP contribution < -0.4 is 0 Å². The van der Waals surface area contributed by atoms with Crippen molar-refractivity contribution >= 4 is 0 Å². The van der Waals surface area contributed by atoms with Gasteiger partial charge in [-0.05, 0) is 98.2 Å². The van der Waals surface area contributed by atoms with Crippen LogP contribution >= 0.6 is 0 Å². The highest BCUT2D eigenvalue weighted by atomic mass is 14.6. The molecule has 0 heteroatoms. The lowest BCUT2D eigenvalue weighted by Gasteiger charge is -2.60. The van der Waals surface area contributed by atoms with Gasteiger partial charge in [-0.3, -0.25) is 0 Å². The van der Waals surface area contributed by atoms with Crippen LogP contribution in [0.2, 0.25) is 0 Å². The maximum Gasteiger partial charge on any atom is -0.0266 e. The van der Waals surface area contributed by atoms with Crippen molar-refractivity contribution in [2.45, 2.75) is 104 Å². The van der Waals surface area contributed by atoms with Crippen LogP contribution in [0, 0.1) is 40.4 Å². The number of fused-ring (bicyclic) bond motifs is 5. The van der Waals surface area contributed by atoms with E-state index >= 15 is 0 Å². The lowest BCUT2D eigenvalue weighted by molar-refractivity contribution is -0.111. The third-order valence-corrected chi connectivity index (χ3v) is 9.69. The average Bonchev–Trinajstić information content (AvgIpc) is 2.89. The van der Waals surface area contributed by atoms with Crippen molar-refractivity contribution in [3.63, 3.8) is 0 Å². The summed E-state index contributed by atoms with van der Waals surface area (Å²) in [5.74, 6) is 5.41. The Morgan fingerprint density at radius 3 is 2.43 bits per heavy atom. The Kier molecular flexibility index (Phi) is 4.34. The van der Waals surface area contributed by atoms with Gasteiger partial charge in [0.2, 0.25) is 0 Å². The van der Waals surface area contributed by atoms with Crippen molar-refractivity contribution in [1.82, 2.24) is 0 Å². The van der Waals surface area contributed by atoms with E-state index < -0.39 is 0 Å². The quantitative estimate of drug-likeness (QED) is 0.515. The first-order valence-corrected chi connectivity index (χ1v) is 11.1. The van der Waals surface area contributed by atoms with E-state index in [4.69, 9.17) is 0 Å². The zero-order valence-corrected chi connectivity index (χ0v) is 16.1. The minimum atomic E-state index is 0.716. The second kappa shape index (κ2) is 6.06. The minimum absolute atomic E-state index is 0.716. The van der Waals surface area contributed by atoms with Crippen molar-refractivity contribution in [2.24, 2.45) is 40.4 Å². The summed E-state index contributed by atoms with van der Waals surface area (Å²) in [6, 6.07) is 0. The summed E-state index contributed by atoms with van der Waals surface area (Å²) in [4.78, 5) is 0. The predicted octanol–water partition coefficient (Wildman–Crippen LogP) is 7.23. The summed E-state index contributed by atoms with van der Waals surface area (Å²) >= 11 is 0.